The van der Waals surface area contributed by atoms with E-state index >= 15 is 0 Å². The van der Waals surface area contributed by atoms with Crippen LogP contribution < -0.4 is 5.73 Å². The van der Waals surface area contributed by atoms with Crippen LogP contribution in [-0.4, -0.2) is 54.4 Å². The number of hydrogen-bond acceptors (Lipinski definition) is 2. The summed E-state index contributed by atoms with van der Waals surface area (Å²) in [5.41, 5.74) is 6.01. The topological polar surface area (TPSA) is 61.9 Å². The van der Waals surface area contributed by atoms with Gasteiger partial charge in [0.25, 0.3) is 0 Å². The van der Waals surface area contributed by atoms with E-state index in [2.05, 4.69) is 16.8 Å². The van der Waals surface area contributed by atoms with Crippen LogP contribution in [0.4, 0.5) is 0 Å². The van der Waals surface area contributed by atoms with Gasteiger partial charge in [-0.1, -0.05) is 6.92 Å². The number of carbonyl (C=O) groups excluding carboxylic acids is 1. The first-order chi connectivity index (χ1) is 9.16. The van der Waals surface area contributed by atoms with Crippen LogP contribution in [0.15, 0.2) is 4.99 Å². The van der Waals surface area contributed by atoms with Crippen molar-refractivity contribution in [1.82, 2.24) is 9.80 Å². The molecule has 0 aromatic carbocycles. The minimum atomic E-state index is 0. The number of nitrogens with zero attached hydrogens (tertiary/aromatic N) is 3. The number of nitrogens with two attached hydrogens (primary N) is 1. The Labute approximate surface area is 139 Å². The summed E-state index contributed by atoms with van der Waals surface area (Å²) in [4.78, 5) is 20.0. The number of amides is 1. The van der Waals surface area contributed by atoms with Crippen molar-refractivity contribution < 1.29 is 4.79 Å². The van der Waals surface area contributed by atoms with Gasteiger partial charge in [-0.05, 0) is 31.6 Å². The molecule has 2 rings (SSSR count). The van der Waals surface area contributed by atoms with Gasteiger partial charge in [-0.15, -0.1) is 24.0 Å². The number of guanidine groups is 1. The molecule has 0 atom stereocenters. The molecule has 0 aliphatic carbocycles. The lowest BCUT2D eigenvalue weighted by molar-refractivity contribution is -0.127. The molecule has 5 nitrogen and oxygen atoms in total. The Morgan fingerprint density at radius 1 is 1.35 bits per heavy atom. The fourth-order valence-corrected chi connectivity index (χ4v) is 2.73. The van der Waals surface area contributed by atoms with Gasteiger partial charge in [-0.25, -0.2) is 0 Å². The third-order valence-corrected chi connectivity index (χ3v) is 4.14. The maximum absolute atomic E-state index is 11.4. The second kappa shape index (κ2) is 8.69. The average Bonchev–Trinajstić information content (AvgIpc) is 2.81. The van der Waals surface area contributed by atoms with E-state index in [1.165, 1.54) is 12.8 Å². The van der Waals surface area contributed by atoms with Gasteiger partial charge in [-0.3, -0.25) is 9.79 Å². The van der Waals surface area contributed by atoms with E-state index in [1.54, 1.807) is 0 Å². The normalized spacial score (nSPS) is 21.2. The number of hydrogen-bond donors (Lipinski definition) is 1. The molecule has 2 heterocycles. The number of aliphatic imine (C=N–C) groups is 1. The van der Waals surface area contributed by atoms with Crippen molar-refractivity contribution in [2.24, 2.45) is 16.6 Å². The third-order valence-electron chi connectivity index (χ3n) is 4.14. The second-order valence-corrected chi connectivity index (χ2v) is 5.75. The Morgan fingerprint density at radius 3 is 2.65 bits per heavy atom. The minimum Gasteiger partial charge on any atom is -0.370 e. The smallest absolute Gasteiger partial charge is 0.222 e. The van der Waals surface area contributed by atoms with Crippen molar-refractivity contribution >= 4 is 35.8 Å². The largest absolute Gasteiger partial charge is 0.370 e. The Balaban J connectivity index is 0.00000200. The van der Waals surface area contributed by atoms with Crippen LogP contribution in [0.3, 0.4) is 0 Å². The molecular formula is C14H27IN4O. The SMILES string of the molecule is CC1CCN(C(N)=NCCCN2CCCC2=O)CC1.I. The third kappa shape index (κ3) is 5.10. The monoisotopic (exact) mass is 394 g/mol. The molecule has 2 aliphatic rings. The zero-order chi connectivity index (χ0) is 13.7. The highest BCUT2D eigenvalue weighted by atomic mass is 127. The standard InChI is InChI=1S/C14H26N4O.HI/c1-12-5-10-18(11-6-12)14(15)16-7-3-9-17-8-2-4-13(17)19;/h12H,2-11H2,1H3,(H2,15,16);1H. The van der Waals surface area contributed by atoms with Gasteiger partial charge < -0.3 is 15.5 Å². The van der Waals surface area contributed by atoms with Crippen LogP contribution in [-0.2, 0) is 4.79 Å². The van der Waals surface area contributed by atoms with Gasteiger partial charge in [0.15, 0.2) is 5.96 Å². The van der Waals surface area contributed by atoms with E-state index in [-0.39, 0.29) is 24.0 Å². The van der Waals surface area contributed by atoms with Crippen molar-refractivity contribution in [3.63, 3.8) is 0 Å². The minimum absolute atomic E-state index is 0. The molecule has 2 saturated heterocycles. The molecule has 0 radical (unpaired) electrons. The quantitative estimate of drug-likeness (QED) is 0.342. The Hall–Kier alpha value is -0.530. The lowest BCUT2D eigenvalue weighted by Crippen LogP contribution is -2.42. The first kappa shape index (κ1) is 17.5. The van der Waals surface area contributed by atoms with Gasteiger partial charge in [0.1, 0.15) is 0 Å². The van der Waals surface area contributed by atoms with Crippen molar-refractivity contribution in [2.45, 2.75) is 39.0 Å². The Kier molecular flexibility index (Phi) is 7.61. The summed E-state index contributed by atoms with van der Waals surface area (Å²) in [5.74, 6) is 1.78. The predicted molar refractivity (Wildman–Crippen MR) is 92.3 cm³/mol. The van der Waals surface area contributed by atoms with Crippen LogP contribution in [0.1, 0.15) is 39.0 Å². The first-order valence-electron chi connectivity index (χ1n) is 7.49. The molecule has 1 amide bonds. The van der Waals surface area contributed by atoms with Crippen LogP contribution in [0.25, 0.3) is 0 Å². The van der Waals surface area contributed by atoms with Crippen molar-refractivity contribution in [1.29, 1.82) is 0 Å². The summed E-state index contributed by atoms with van der Waals surface area (Å²) < 4.78 is 0. The predicted octanol–water partition coefficient (Wildman–Crippen LogP) is 1.66. The molecule has 116 valence electrons. The molecule has 0 unspecified atom stereocenters. The molecular weight excluding hydrogens is 367 g/mol. The van der Waals surface area contributed by atoms with E-state index in [9.17, 15) is 4.79 Å². The summed E-state index contributed by atoms with van der Waals surface area (Å²) in [6.07, 6.45) is 5.06. The highest BCUT2D eigenvalue weighted by Crippen LogP contribution is 2.15. The van der Waals surface area contributed by atoms with E-state index in [1.807, 2.05) is 4.90 Å². The zero-order valence-corrected chi connectivity index (χ0v) is 14.7. The summed E-state index contributed by atoms with van der Waals surface area (Å²) in [6, 6.07) is 0. The number of likely N-dealkylation sites (tertiary alicyclic amines) is 2. The van der Waals surface area contributed by atoms with Crippen LogP contribution in [0.5, 0.6) is 0 Å². The van der Waals surface area contributed by atoms with Crippen LogP contribution in [0.2, 0.25) is 0 Å². The molecule has 2 aliphatic heterocycles. The molecule has 2 fully saturated rings. The van der Waals surface area contributed by atoms with Gasteiger partial charge in [0.05, 0.1) is 0 Å². The van der Waals surface area contributed by atoms with E-state index in [0.29, 0.717) is 11.9 Å². The maximum atomic E-state index is 11.4. The lowest BCUT2D eigenvalue weighted by Gasteiger charge is -2.31. The molecule has 6 heteroatoms. The van der Waals surface area contributed by atoms with Gasteiger partial charge in [0.2, 0.25) is 5.91 Å². The Bertz CT molecular complexity index is 340. The Morgan fingerprint density at radius 2 is 2.05 bits per heavy atom. The zero-order valence-electron chi connectivity index (χ0n) is 12.4. The average molecular weight is 394 g/mol. The summed E-state index contributed by atoms with van der Waals surface area (Å²) in [5, 5.41) is 0. The van der Waals surface area contributed by atoms with Gasteiger partial charge in [-0.2, -0.15) is 0 Å². The molecule has 2 N–H and O–H groups in total. The number of carbonyl (C=O) groups is 1. The highest BCUT2D eigenvalue weighted by Gasteiger charge is 2.19. The van der Waals surface area contributed by atoms with Crippen molar-refractivity contribution in [3.8, 4) is 0 Å². The number of halogens is 1. The molecule has 0 aromatic rings. The molecule has 0 saturated carbocycles. The van der Waals surface area contributed by atoms with Crippen molar-refractivity contribution in [3.05, 3.63) is 0 Å². The van der Waals surface area contributed by atoms with E-state index < -0.39 is 0 Å². The maximum Gasteiger partial charge on any atom is 0.222 e. The lowest BCUT2D eigenvalue weighted by atomic mass is 10.00. The molecule has 0 aromatic heterocycles. The first-order valence-corrected chi connectivity index (χ1v) is 7.49. The molecule has 0 spiro atoms. The highest BCUT2D eigenvalue weighted by molar-refractivity contribution is 14.0. The van der Waals surface area contributed by atoms with E-state index in [0.717, 1.165) is 57.9 Å². The van der Waals surface area contributed by atoms with Crippen molar-refractivity contribution in [2.75, 3.05) is 32.7 Å². The molecule has 0 bridgehead atoms. The summed E-state index contributed by atoms with van der Waals surface area (Å²) in [7, 11) is 0. The van der Waals surface area contributed by atoms with Gasteiger partial charge >= 0.3 is 0 Å². The fourth-order valence-electron chi connectivity index (χ4n) is 2.73. The van der Waals surface area contributed by atoms with Crippen LogP contribution in [0, 0.1) is 5.92 Å². The number of rotatable bonds is 4. The summed E-state index contributed by atoms with van der Waals surface area (Å²) >= 11 is 0. The fraction of sp³-hybridized carbons (Fsp3) is 0.857. The van der Waals surface area contributed by atoms with Gasteiger partial charge in [0, 0.05) is 39.1 Å². The van der Waals surface area contributed by atoms with Crippen LogP contribution >= 0.6 is 24.0 Å². The molecule has 20 heavy (non-hydrogen) atoms. The second-order valence-electron chi connectivity index (χ2n) is 5.75. The summed E-state index contributed by atoms with van der Waals surface area (Å²) in [6.45, 7) is 6.82. The van der Waals surface area contributed by atoms with E-state index in [4.69, 9.17) is 5.73 Å². The number of piperidine rings is 1.